The SMILES string of the molecule is CCc1ccc(-c2csc3ncnc(SC(C)C(=O)NCCc4ccc(OC)c(OC)c4)c23)cc1. The fourth-order valence-corrected chi connectivity index (χ4v) is 5.74. The molecule has 0 saturated carbocycles. The van der Waals surface area contributed by atoms with Gasteiger partial charge in [-0.05, 0) is 48.6 Å². The molecular weight excluding hydrogens is 478 g/mol. The number of fused-ring (bicyclic) bond motifs is 1. The normalized spacial score (nSPS) is 11.9. The number of nitrogens with one attached hydrogen (secondary N) is 1. The number of carbonyl (C=O) groups is 1. The van der Waals surface area contributed by atoms with Crippen LogP contribution in [0, 0.1) is 0 Å². The molecule has 1 N–H and O–H groups in total. The van der Waals surface area contributed by atoms with E-state index in [1.165, 1.54) is 17.3 Å². The molecule has 0 aliphatic rings. The molecule has 0 spiro atoms. The summed E-state index contributed by atoms with van der Waals surface area (Å²) in [5.74, 6) is 1.35. The number of rotatable bonds is 10. The van der Waals surface area contributed by atoms with Crippen LogP contribution in [0.3, 0.4) is 0 Å². The Morgan fingerprint density at radius 2 is 1.80 bits per heavy atom. The van der Waals surface area contributed by atoms with Crippen LogP contribution in [0.1, 0.15) is 25.0 Å². The van der Waals surface area contributed by atoms with Gasteiger partial charge >= 0.3 is 0 Å². The van der Waals surface area contributed by atoms with Crippen LogP contribution in [0.5, 0.6) is 11.5 Å². The molecule has 2 heterocycles. The molecule has 1 unspecified atom stereocenters. The van der Waals surface area contributed by atoms with E-state index in [2.05, 4.69) is 51.9 Å². The second-order valence-electron chi connectivity index (χ2n) is 8.05. The third-order valence-electron chi connectivity index (χ3n) is 5.83. The third kappa shape index (κ3) is 5.77. The van der Waals surface area contributed by atoms with Crippen molar-refractivity contribution in [1.29, 1.82) is 0 Å². The van der Waals surface area contributed by atoms with Gasteiger partial charge in [-0.3, -0.25) is 4.79 Å². The highest BCUT2D eigenvalue weighted by Gasteiger charge is 2.20. The number of hydrogen-bond acceptors (Lipinski definition) is 7. The van der Waals surface area contributed by atoms with Crippen LogP contribution in [0.15, 0.2) is 59.2 Å². The van der Waals surface area contributed by atoms with Crippen molar-refractivity contribution in [2.45, 2.75) is 37.0 Å². The van der Waals surface area contributed by atoms with Gasteiger partial charge in [-0.2, -0.15) is 0 Å². The fraction of sp³-hybridized carbons (Fsp3) is 0.296. The summed E-state index contributed by atoms with van der Waals surface area (Å²) in [6.07, 6.45) is 3.28. The van der Waals surface area contributed by atoms with Crippen LogP contribution in [-0.4, -0.2) is 41.9 Å². The first kappa shape index (κ1) is 25.0. The Kier molecular flexibility index (Phi) is 8.25. The molecule has 0 aliphatic heterocycles. The van der Waals surface area contributed by atoms with Gasteiger partial charge in [0.1, 0.15) is 16.2 Å². The number of benzene rings is 2. The first-order chi connectivity index (χ1) is 17.0. The zero-order chi connectivity index (χ0) is 24.8. The molecule has 2 aromatic heterocycles. The highest BCUT2D eigenvalue weighted by atomic mass is 32.2. The van der Waals surface area contributed by atoms with Crippen LogP contribution in [0.2, 0.25) is 0 Å². The van der Waals surface area contributed by atoms with Crippen LogP contribution in [0.25, 0.3) is 21.3 Å². The standard InChI is InChI=1S/C27H29N3O3S2/c1-5-18-6-9-20(10-7-18)21-15-34-26-24(21)27(30-16-29-26)35-17(2)25(31)28-13-12-19-8-11-22(32-3)23(14-19)33-4/h6-11,14-17H,5,12-13H2,1-4H3,(H,28,31). The molecule has 35 heavy (non-hydrogen) atoms. The number of aromatic nitrogens is 2. The minimum atomic E-state index is -0.297. The number of thioether (sulfide) groups is 1. The van der Waals surface area contributed by atoms with E-state index in [0.717, 1.165) is 38.4 Å². The lowest BCUT2D eigenvalue weighted by molar-refractivity contribution is -0.120. The maximum absolute atomic E-state index is 12.8. The van der Waals surface area contributed by atoms with Crippen molar-refractivity contribution in [3.8, 4) is 22.6 Å². The van der Waals surface area contributed by atoms with E-state index >= 15 is 0 Å². The van der Waals surface area contributed by atoms with E-state index in [4.69, 9.17) is 9.47 Å². The van der Waals surface area contributed by atoms with Crippen molar-refractivity contribution in [3.63, 3.8) is 0 Å². The summed E-state index contributed by atoms with van der Waals surface area (Å²) in [5.41, 5.74) is 4.62. The lowest BCUT2D eigenvalue weighted by Gasteiger charge is -2.13. The topological polar surface area (TPSA) is 73.3 Å². The fourth-order valence-electron chi connectivity index (χ4n) is 3.80. The molecule has 8 heteroatoms. The highest BCUT2D eigenvalue weighted by Crippen LogP contribution is 2.39. The third-order valence-corrected chi connectivity index (χ3v) is 7.81. The molecule has 1 atom stereocenters. The predicted molar refractivity (Wildman–Crippen MR) is 144 cm³/mol. The quantitative estimate of drug-likeness (QED) is 0.217. The van der Waals surface area contributed by atoms with E-state index < -0.39 is 0 Å². The summed E-state index contributed by atoms with van der Waals surface area (Å²) in [5, 5.41) is 6.71. The summed E-state index contributed by atoms with van der Waals surface area (Å²) in [6, 6.07) is 14.4. The number of nitrogens with zero attached hydrogens (tertiary/aromatic N) is 2. The zero-order valence-electron chi connectivity index (χ0n) is 20.3. The van der Waals surface area contributed by atoms with Crippen molar-refractivity contribution in [2.75, 3.05) is 20.8 Å². The average Bonchev–Trinajstić information content (AvgIpc) is 3.33. The number of ether oxygens (including phenoxy) is 2. The summed E-state index contributed by atoms with van der Waals surface area (Å²) in [6.45, 7) is 4.59. The summed E-state index contributed by atoms with van der Waals surface area (Å²) in [7, 11) is 3.23. The van der Waals surface area contributed by atoms with Gasteiger partial charge in [0.25, 0.3) is 0 Å². The number of thiophene rings is 1. The lowest BCUT2D eigenvalue weighted by atomic mass is 10.0. The summed E-state index contributed by atoms with van der Waals surface area (Å²) in [4.78, 5) is 22.8. The largest absolute Gasteiger partial charge is 0.493 e. The van der Waals surface area contributed by atoms with Gasteiger partial charge < -0.3 is 14.8 Å². The second kappa shape index (κ2) is 11.6. The smallest absolute Gasteiger partial charge is 0.233 e. The number of aryl methyl sites for hydroxylation is 1. The molecule has 4 rings (SSSR count). The molecule has 0 fully saturated rings. The van der Waals surface area contributed by atoms with Gasteiger partial charge in [0.2, 0.25) is 5.91 Å². The van der Waals surface area contributed by atoms with Crippen LogP contribution >= 0.6 is 23.1 Å². The predicted octanol–water partition coefficient (Wildman–Crippen LogP) is 5.78. The van der Waals surface area contributed by atoms with Gasteiger partial charge in [0.05, 0.1) is 24.9 Å². The first-order valence-electron chi connectivity index (χ1n) is 11.5. The second-order valence-corrected chi connectivity index (χ2v) is 10.2. The molecule has 2 aromatic carbocycles. The minimum Gasteiger partial charge on any atom is -0.493 e. The van der Waals surface area contributed by atoms with Gasteiger partial charge in [-0.15, -0.1) is 11.3 Å². The molecule has 0 bridgehead atoms. The molecule has 0 aliphatic carbocycles. The van der Waals surface area contributed by atoms with Crippen molar-refractivity contribution in [3.05, 3.63) is 65.3 Å². The molecule has 0 radical (unpaired) electrons. The molecule has 4 aromatic rings. The van der Waals surface area contributed by atoms with Gasteiger partial charge in [-0.25, -0.2) is 9.97 Å². The highest BCUT2D eigenvalue weighted by molar-refractivity contribution is 8.00. The Hall–Kier alpha value is -3.10. The Morgan fingerprint density at radius 3 is 2.51 bits per heavy atom. The summed E-state index contributed by atoms with van der Waals surface area (Å²) >= 11 is 3.07. The molecule has 0 saturated heterocycles. The van der Waals surface area contributed by atoms with Crippen LogP contribution in [-0.2, 0) is 17.6 Å². The number of hydrogen-bond donors (Lipinski definition) is 1. The van der Waals surface area contributed by atoms with Gasteiger partial charge in [0, 0.05) is 17.5 Å². The lowest BCUT2D eigenvalue weighted by Crippen LogP contribution is -2.32. The molecule has 1 amide bonds. The van der Waals surface area contributed by atoms with Crippen molar-refractivity contribution < 1.29 is 14.3 Å². The number of amides is 1. The Morgan fingerprint density at radius 1 is 1.06 bits per heavy atom. The van der Waals surface area contributed by atoms with E-state index in [9.17, 15) is 4.79 Å². The molecule has 182 valence electrons. The number of carbonyl (C=O) groups excluding carboxylic acids is 1. The minimum absolute atomic E-state index is 0.0219. The van der Waals surface area contributed by atoms with Crippen molar-refractivity contribution >= 4 is 39.2 Å². The Balaban J connectivity index is 1.43. The first-order valence-corrected chi connectivity index (χ1v) is 13.3. The van der Waals surface area contributed by atoms with Crippen LogP contribution < -0.4 is 14.8 Å². The molecular formula is C27H29N3O3S2. The monoisotopic (exact) mass is 507 g/mol. The van der Waals surface area contributed by atoms with Gasteiger partial charge in [-0.1, -0.05) is 49.0 Å². The Bertz CT molecular complexity index is 1310. The van der Waals surface area contributed by atoms with E-state index in [1.54, 1.807) is 31.9 Å². The average molecular weight is 508 g/mol. The maximum Gasteiger partial charge on any atom is 0.233 e. The summed E-state index contributed by atoms with van der Waals surface area (Å²) < 4.78 is 10.6. The van der Waals surface area contributed by atoms with Gasteiger partial charge in [0.15, 0.2) is 11.5 Å². The number of methoxy groups -OCH3 is 2. The van der Waals surface area contributed by atoms with Crippen LogP contribution in [0.4, 0.5) is 0 Å². The Labute approximate surface area is 214 Å². The van der Waals surface area contributed by atoms with E-state index in [-0.39, 0.29) is 11.2 Å². The van der Waals surface area contributed by atoms with Crippen molar-refractivity contribution in [1.82, 2.24) is 15.3 Å². The zero-order valence-corrected chi connectivity index (χ0v) is 22.0. The van der Waals surface area contributed by atoms with E-state index in [1.807, 2.05) is 25.1 Å². The molecule has 6 nitrogen and oxygen atoms in total. The van der Waals surface area contributed by atoms with Crippen molar-refractivity contribution in [2.24, 2.45) is 0 Å². The van der Waals surface area contributed by atoms with E-state index in [0.29, 0.717) is 24.5 Å². The maximum atomic E-state index is 12.8.